The van der Waals surface area contributed by atoms with Crippen LogP contribution in [0.25, 0.3) is 11.2 Å². The van der Waals surface area contributed by atoms with E-state index in [9.17, 15) is 0 Å². The second-order valence-corrected chi connectivity index (χ2v) is 5.12. The molecule has 0 bridgehead atoms. The highest BCUT2D eigenvalue weighted by Gasteiger charge is 2.16. The monoisotopic (exact) mass is 242 g/mol. The maximum absolute atomic E-state index is 8.98. The number of hydrogen-bond donors (Lipinski definition) is 0. The van der Waals surface area contributed by atoms with Gasteiger partial charge in [-0.3, -0.25) is 0 Å². The van der Waals surface area contributed by atoms with Gasteiger partial charge in [-0.1, -0.05) is 13.8 Å². The van der Waals surface area contributed by atoms with E-state index in [-0.39, 0.29) is 5.92 Å². The van der Waals surface area contributed by atoms with Gasteiger partial charge in [0.25, 0.3) is 0 Å². The molecule has 4 nitrogen and oxygen atoms in total. The number of rotatable bonds is 3. The molecule has 2 heterocycles. The van der Waals surface area contributed by atoms with Crippen LogP contribution in [0, 0.1) is 24.2 Å². The molecule has 0 aliphatic rings. The van der Waals surface area contributed by atoms with Gasteiger partial charge in [0, 0.05) is 18.7 Å². The molecule has 1 unspecified atom stereocenters. The number of nitrogens with zero attached hydrogens (tertiary/aromatic N) is 4. The summed E-state index contributed by atoms with van der Waals surface area (Å²) in [5, 5.41) is 8.98. The zero-order valence-electron chi connectivity index (χ0n) is 11.3. The van der Waals surface area contributed by atoms with Gasteiger partial charge in [-0.25, -0.2) is 9.97 Å². The average Bonchev–Trinajstić information content (AvgIpc) is 2.67. The first kappa shape index (κ1) is 12.6. The molecule has 0 aliphatic heterocycles. The van der Waals surface area contributed by atoms with Crippen molar-refractivity contribution in [1.29, 1.82) is 5.26 Å². The highest BCUT2D eigenvalue weighted by Crippen LogP contribution is 2.22. The molecule has 0 aromatic carbocycles. The predicted molar refractivity (Wildman–Crippen MR) is 71.1 cm³/mol. The number of pyridine rings is 1. The first-order chi connectivity index (χ1) is 8.52. The summed E-state index contributed by atoms with van der Waals surface area (Å²) in [5.41, 5.74) is 2.91. The van der Waals surface area contributed by atoms with Gasteiger partial charge in [0.05, 0.1) is 12.0 Å². The molecule has 0 saturated carbocycles. The van der Waals surface area contributed by atoms with Crippen LogP contribution >= 0.6 is 0 Å². The van der Waals surface area contributed by atoms with Crippen LogP contribution in [-0.4, -0.2) is 14.5 Å². The molecule has 94 valence electrons. The number of aromatic nitrogens is 3. The zero-order chi connectivity index (χ0) is 13.3. The number of nitriles is 1. The highest BCUT2D eigenvalue weighted by atomic mass is 15.1. The van der Waals surface area contributed by atoms with Crippen LogP contribution in [0.4, 0.5) is 0 Å². The van der Waals surface area contributed by atoms with E-state index in [1.165, 1.54) is 0 Å². The first-order valence-corrected chi connectivity index (χ1v) is 6.25. The summed E-state index contributed by atoms with van der Waals surface area (Å²) < 4.78 is 2.08. The molecule has 18 heavy (non-hydrogen) atoms. The number of hydrogen-bond acceptors (Lipinski definition) is 3. The van der Waals surface area contributed by atoms with Crippen molar-refractivity contribution < 1.29 is 0 Å². The van der Waals surface area contributed by atoms with E-state index < -0.39 is 0 Å². The Labute approximate surface area is 107 Å². The van der Waals surface area contributed by atoms with Crippen LogP contribution in [0.3, 0.4) is 0 Å². The van der Waals surface area contributed by atoms with Gasteiger partial charge in [0.15, 0.2) is 5.65 Å². The maximum atomic E-state index is 8.98. The molecule has 4 heteroatoms. The fourth-order valence-electron chi connectivity index (χ4n) is 2.06. The van der Waals surface area contributed by atoms with Gasteiger partial charge >= 0.3 is 0 Å². The lowest BCUT2D eigenvalue weighted by atomic mass is 10.2. The Hall–Kier alpha value is -1.89. The lowest BCUT2D eigenvalue weighted by Gasteiger charge is -2.11. The SMILES string of the molecule is Cc1cnc2c(c1)nc(C(C)C)n2CC(C)C#N. The first-order valence-electron chi connectivity index (χ1n) is 6.25. The molecule has 1 atom stereocenters. The second kappa shape index (κ2) is 4.77. The summed E-state index contributed by atoms with van der Waals surface area (Å²) >= 11 is 0. The summed E-state index contributed by atoms with van der Waals surface area (Å²) in [7, 11) is 0. The van der Waals surface area contributed by atoms with Gasteiger partial charge in [-0.15, -0.1) is 0 Å². The van der Waals surface area contributed by atoms with Crippen LogP contribution in [0.2, 0.25) is 0 Å². The summed E-state index contributed by atoms with van der Waals surface area (Å²) in [6.07, 6.45) is 1.85. The van der Waals surface area contributed by atoms with Crippen LogP contribution < -0.4 is 0 Å². The minimum atomic E-state index is -0.0389. The van der Waals surface area contributed by atoms with Crippen LogP contribution in [0.1, 0.15) is 38.1 Å². The third kappa shape index (κ3) is 2.21. The Morgan fingerprint density at radius 2 is 2.11 bits per heavy atom. The third-order valence-corrected chi connectivity index (χ3v) is 2.94. The third-order valence-electron chi connectivity index (χ3n) is 2.94. The zero-order valence-corrected chi connectivity index (χ0v) is 11.3. The quantitative estimate of drug-likeness (QED) is 0.831. The number of aryl methyl sites for hydroxylation is 1. The van der Waals surface area contributed by atoms with Crippen molar-refractivity contribution in [3.8, 4) is 6.07 Å². The number of fused-ring (bicyclic) bond motifs is 1. The van der Waals surface area contributed by atoms with E-state index in [4.69, 9.17) is 5.26 Å². The van der Waals surface area contributed by atoms with Crippen molar-refractivity contribution >= 4 is 11.2 Å². The number of imidazole rings is 1. The van der Waals surface area contributed by atoms with E-state index in [1.807, 2.05) is 26.1 Å². The van der Waals surface area contributed by atoms with Crippen molar-refractivity contribution in [1.82, 2.24) is 14.5 Å². The normalized spacial score (nSPS) is 12.9. The molecule has 0 radical (unpaired) electrons. The fourth-order valence-corrected chi connectivity index (χ4v) is 2.06. The van der Waals surface area contributed by atoms with Gasteiger partial charge in [0.1, 0.15) is 11.3 Å². The molecule has 0 aliphatic carbocycles. The second-order valence-electron chi connectivity index (χ2n) is 5.12. The smallest absolute Gasteiger partial charge is 0.160 e. The molecular formula is C14H18N4. The average molecular weight is 242 g/mol. The Morgan fingerprint density at radius 1 is 1.39 bits per heavy atom. The Balaban J connectivity index is 2.60. The van der Waals surface area contributed by atoms with Gasteiger partial charge in [0.2, 0.25) is 0 Å². The molecule has 0 spiro atoms. The lowest BCUT2D eigenvalue weighted by Crippen LogP contribution is -2.11. The van der Waals surface area contributed by atoms with Crippen molar-refractivity contribution in [3.63, 3.8) is 0 Å². The van der Waals surface area contributed by atoms with E-state index in [1.54, 1.807) is 0 Å². The van der Waals surface area contributed by atoms with Crippen LogP contribution in [-0.2, 0) is 6.54 Å². The summed E-state index contributed by atoms with van der Waals surface area (Å²) in [6, 6.07) is 4.31. The minimum absolute atomic E-state index is 0.0389. The van der Waals surface area contributed by atoms with Crippen LogP contribution in [0.15, 0.2) is 12.3 Å². The summed E-state index contributed by atoms with van der Waals surface area (Å²) in [6.45, 7) is 8.81. The molecule has 2 rings (SSSR count). The Kier molecular flexibility index (Phi) is 3.33. The predicted octanol–water partition coefficient (Wildman–Crippen LogP) is 3.02. The van der Waals surface area contributed by atoms with Gasteiger partial charge < -0.3 is 4.57 Å². The molecule has 0 saturated heterocycles. The van der Waals surface area contributed by atoms with E-state index in [0.29, 0.717) is 12.5 Å². The molecule has 2 aromatic rings. The van der Waals surface area contributed by atoms with E-state index >= 15 is 0 Å². The molecule has 0 N–H and O–H groups in total. The largest absolute Gasteiger partial charge is 0.311 e. The van der Waals surface area contributed by atoms with Gasteiger partial charge in [-0.05, 0) is 25.5 Å². The lowest BCUT2D eigenvalue weighted by molar-refractivity contribution is 0.552. The van der Waals surface area contributed by atoms with Crippen molar-refractivity contribution in [2.45, 2.75) is 40.2 Å². The fraction of sp³-hybridized carbons (Fsp3) is 0.500. The Bertz CT molecular complexity index is 604. The van der Waals surface area contributed by atoms with E-state index in [0.717, 1.165) is 22.6 Å². The van der Waals surface area contributed by atoms with Crippen molar-refractivity contribution in [2.75, 3.05) is 0 Å². The molecular weight excluding hydrogens is 224 g/mol. The molecule has 0 amide bonds. The van der Waals surface area contributed by atoms with Crippen molar-refractivity contribution in [2.24, 2.45) is 5.92 Å². The summed E-state index contributed by atoms with van der Waals surface area (Å²) in [5.74, 6) is 1.29. The Morgan fingerprint density at radius 3 is 2.72 bits per heavy atom. The van der Waals surface area contributed by atoms with Crippen LogP contribution in [0.5, 0.6) is 0 Å². The molecule has 2 aromatic heterocycles. The maximum Gasteiger partial charge on any atom is 0.160 e. The minimum Gasteiger partial charge on any atom is -0.311 e. The topological polar surface area (TPSA) is 54.5 Å². The summed E-state index contributed by atoms with van der Waals surface area (Å²) in [4.78, 5) is 9.11. The standard InChI is InChI=1S/C14H18N4/c1-9(2)13-17-12-5-10(3)7-16-14(12)18(13)8-11(4)6-15/h5,7,9,11H,8H2,1-4H3. The van der Waals surface area contributed by atoms with Crippen molar-refractivity contribution in [3.05, 3.63) is 23.7 Å². The van der Waals surface area contributed by atoms with Gasteiger partial charge in [-0.2, -0.15) is 5.26 Å². The molecule has 0 fully saturated rings. The highest BCUT2D eigenvalue weighted by molar-refractivity contribution is 5.72. The van der Waals surface area contributed by atoms with E-state index in [2.05, 4.69) is 34.5 Å².